The fourth-order valence-electron chi connectivity index (χ4n) is 2.64. The minimum atomic E-state index is -0.408. The number of carbonyl (C=O) groups is 2. The van der Waals surface area contributed by atoms with Crippen molar-refractivity contribution in [3.05, 3.63) is 51.6 Å². The van der Waals surface area contributed by atoms with E-state index < -0.39 is 5.97 Å². The van der Waals surface area contributed by atoms with Crippen LogP contribution in [0.4, 0.5) is 5.69 Å². The van der Waals surface area contributed by atoms with Gasteiger partial charge in [0.2, 0.25) is 5.91 Å². The highest BCUT2D eigenvalue weighted by molar-refractivity contribution is 7.99. The summed E-state index contributed by atoms with van der Waals surface area (Å²) in [4.78, 5) is 41.3. The molecule has 0 saturated heterocycles. The van der Waals surface area contributed by atoms with E-state index >= 15 is 0 Å². The van der Waals surface area contributed by atoms with Gasteiger partial charge in [0.25, 0.3) is 5.56 Å². The summed E-state index contributed by atoms with van der Waals surface area (Å²) in [6.45, 7) is 2.76. The molecule has 0 fully saturated rings. The van der Waals surface area contributed by atoms with Crippen molar-refractivity contribution < 1.29 is 19.1 Å². The molecule has 1 N–H and O–H groups in total. The van der Waals surface area contributed by atoms with E-state index in [1.165, 1.54) is 27.7 Å². The highest BCUT2D eigenvalue weighted by atomic mass is 32.2. The lowest BCUT2D eigenvalue weighted by Gasteiger charge is -2.11. The van der Waals surface area contributed by atoms with Crippen LogP contribution in [0.2, 0.25) is 0 Å². The van der Waals surface area contributed by atoms with Crippen LogP contribution in [0.25, 0.3) is 10.2 Å². The van der Waals surface area contributed by atoms with Crippen LogP contribution in [-0.2, 0) is 20.8 Å². The second-order valence-electron chi connectivity index (χ2n) is 6.11. The van der Waals surface area contributed by atoms with Crippen molar-refractivity contribution >= 4 is 50.9 Å². The number of esters is 1. The normalized spacial score (nSPS) is 10.9. The number of thiophene rings is 1. The molecule has 2 aromatic heterocycles. The standard InChI is InChI=1S/C20H21N3O5S2/c1-3-28-19(26)13-4-6-14(7-5-13)21-16(24)12-30-20-22-15-8-11-29-17(15)18(25)23(20)9-10-27-2/h4-8,11H,3,9-10,12H2,1-2H3,(H,21,24). The van der Waals surface area contributed by atoms with E-state index in [0.717, 1.165) is 0 Å². The summed E-state index contributed by atoms with van der Waals surface area (Å²) in [7, 11) is 1.57. The Labute approximate surface area is 181 Å². The van der Waals surface area contributed by atoms with Gasteiger partial charge in [-0.3, -0.25) is 14.2 Å². The largest absolute Gasteiger partial charge is 0.462 e. The van der Waals surface area contributed by atoms with Crippen molar-refractivity contribution in [2.75, 3.05) is 31.4 Å². The summed E-state index contributed by atoms with van der Waals surface area (Å²) in [5.74, 6) is -0.578. The predicted molar refractivity (Wildman–Crippen MR) is 118 cm³/mol. The van der Waals surface area contributed by atoms with Gasteiger partial charge >= 0.3 is 5.97 Å². The van der Waals surface area contributed by atoms with Crippen molar-refractivity contribution in [2.45, 2.75) is 18.6 Å². The number of amides is 1. The van der Waals surface area contributed by atoms with E-state index in [1.807, 2.05) is 5.38 Å². The van der Waals surface area contributed by atoms with Crippen molar-refractivity contribution in [3.63, 3.8) is 0 Å². The van der Waals surface area contributed by atoms with Crippen LogP contribution in [0, 0.1) is 0 Å². The smallest absolute Gasteiger partial charge is 0.338 e. The number of rotatable bonds is 9. The first-order valence-electron chi connectivity index (χ1n) is 9.20. The second-order valence-corrected chi connectivity index (χ2v) is 7.97. The van der Waals surface area contributed by atoms with E-state index in [1.54, 1.807) is 44.4 Å². The van der Waals surface area contributed by atoms with Crippen LogP contribution < -0.4 is 10.9 Å². The molecular formula is C20H21N3O5S2. The van der Waals surface area contributed by atoms with Crippen LogP contribution in [0.3, 0.4) is 0 Å². The van der Waals surface area contributed by atoms with Gasteiger partial charge in [-0.25, -0.2) is 9.78 Å². The molecule has 158 valence electrons. The van der Waals surface area contributed by atoms with E-state index in [-0.39, 0.29) is 17.2 Å². The Morgan fingerprint density at radius 3 is 2.70 bits per heavy atom. The Kier molecular flexibility index (Phi) is 7.61. The van der Waals surface area contributed by atoms with Crippen LogP contribution >= 0.6 is 23.1 Å². The molecule has 3 rings (SSSR count). The van der Waals surface area contributed by atoms with Gasteiger partial charge in [0, 0.05) is 12.8 Å². The summed E-state index contributed by atoms with van der Waals surface area (Å²) >= 11 is 2.53. The van der Waals surface area contributed by atoms with Gasteiger partial charge in [0.05, 0.1) is 36.6 Å². The number of methoxy groups -OCH3 is 1. The Bertz CT molecular complexity index is 1090. The third-order valence-electron chi connectivity index (χ3n) is 4.06. The minimum Gasteiger partial charge on any atom is -0.462 e. The fraction of sp³-hybridized carbons (Fsp3) is 0.300. The number of fused-ring (bicyclic) bond motifs is 1. The van der Waals surface area contributed by atoms with Crippen molar-refractivity contribution in [1.29, 1.82) is 0 Å². The number of hydrogen-bond donors (Lipinski definition) is 1. The van der Waals surface area contributed by atoms with Gasteiger partial charge in [-0.1, -0.05) is 11.8 Å². The maximum absolute atomic E-state index is 12.7. The summed E-state index contributed by atoms with van der Waals surface area (Å²) < 4.78 is 12.1. The molecule has 0 saturated carbocycles. The van der Waals surface area contributed by atoms with Crippen LogP contribution in [-0.4, -0.2) is 47.5 Å². The molecule has 8 nitrogen and oxygen atoms in total. The molecular weight excluding hydrogens is 426 g/mol. The Balaban J connectivity index is 1.67. The number of ether oxygens (including phenoxy) is 2. The summed E-state index contributed by atoms with van der Waals surface area (Å²) in [6.07, 6.45) is 0. The molecule has 0 unspecified atom stereocenters. The molecule has 2 heterocycles. The molecule has 0 aliphatic heterocycles. The lowest BCUT2D eigenvalue weighted by molar-refractivity contribution is -0.113. The Morgan fingerprint density at radius 2 is 2.00 bits per heavy atom. The SMILES string of the molecule is CCOC(=O)c1ccc(NC(=O)CSc2nc3ccsc3c(=O)n2CCOC)cc1. The molecule has 0 aliphatic carbocycles. The first-order chi connectivity index (χ1) is 14.5. The van der Waals surface area contributed by atoms with E-state index in [4.69, 9.17) is 9.47 Å². The zero-order valence-corrected chi connectivity index (χ0v) is 18.2. The molecule has 0 spiro atoms. The zero-order valence-electron chi connectivity index (χ0n) is 16.5. The topological polar surface area (TPSA) is 99.5 Å². The predicted octanol–water partition coefficient (Wildman–Crippen LogP) is 3.01. The highest BCUT2D eigenvalue weighted by Gasteiger charge is 2.14. The number of carbonyl (C=O) groups excluding carboxylic acids is 2. The molecule has 0 aliphatic rings. The molecule has 10 heteroatoms. The average molecular weight is 448 g/mol. The molecule has 0 radical (unpaired) electrons. The molecule has 0 bridgehead atoms. The van der Waals surface area contributed by atoms with Crippen LogP contribution in [0.15, 0.2) is 45.7 Å². The van der Waals surface area contributed by atoms with E-state index in [9.17, 15) is 14.4 Å². The Hall–Kier alpha value is -2.69. The third kappa shape index (κ3) is 5.26. The summed E-state index contributed by atoms with van der Waals surface area (Å²) in [6, 6.07) is 8.25. The molecule has 3 aromatic rings. The number of nitrogens with one attached hydrogen (secondary N) is 1. The maximum Gasteiger partial charge on any atom is 0.338 e. The average Bonchev–Trinajstić information content (AvgIpc) is 3.21. The van der Waals surface area contributed by atoms with Gasteiger partial charge in [-0.2, -0.15) is 0 Å². The molecule has 1 amide bonds. The van der Waals surface area contributed by atoms with E-state index in [0.29, 0.717) is 46.4 Å². The number of benzene rings is 1. The van der Waals surface area contributed by atoms with Crippen molar-refractivity contribution in [1.82, 2.24) is 9.55 Å². The first kappa shape index (κ1) is 22.0. The highest BCUT2D eigenvalue weighted by Crippen LogP contribution is 2.21. The minimum absolute atomic E-state index is 0.0781. The van der Waals surface area contributed by atoms with Crippen molar-refractivity contribution in [3.8, 4) is 0 Å². The van der Waals surface area contributed by atoms with Gasteiger partial charge in [0.1, 0.15) is 4.70 Å². The van der Waals surface area contributed by atoms with Crippen LogP contribution in [0.1, 0.15) is 17.3 Å². The summed E-state index contributed by atoms with van der Waals surface area (Å²) in [5, 5.41) is 5.06. The number of aromatic nitrogens is 2. The third-order valence-corrected chi connectivity index (χ3v) is 5.93. The fourth-order valence-corrected chi connectivity index (χ4v) is 4.25. The van der Waals surface area contributed by atoms with Crippen molar-refractivity contribution in [2.24, 2.45) is 0 Å². The lowest BCUT2D eigenvalue weighted by atomic mass is 10.2. The molecule has 1 aromatic carbocycles. The quantitative estimate of drug-likeness (QED) is 0.306. The number of hydrogen-bond acceptors (Lipinski definition) is 8. The van der Waals surface area contributed by atoms with Gasteiger partial charge in [0.15, 0.2) is 5.16 Å². The monoisotopic (exact) mass is 447 g/mol. The second kappa shape index (κ2) is 10.4. The number of thioether (sulfide) groups is 1. The lowest BCUT2D eigenvalue weighted by Crippen LogP contribution is -2.25. The summed E-state index contributed by atoms with van der Waals surface area (Å²) in [5.41, 5.74) is 1.46. The number of anilines is 1. The van der Waals surface area contributed by atoms with Gasteiger partial charge < -0.3 is 14.8 Å². The Morgan fingerprint density at radius 1 is 1.23 bits per heavy atom. The molecule has 0 atom stereocenters. The molecule has 30 heavy (non-hydrogen) atoms. The van der Waals surface area contributed by atoms with E-state index in [2.05, 4.69) is 10.3 Å². The van der Waals surface area contributed by atoms with Gasteiger partial charge in [-0.15, -0.1) is 11.3 Å². The first-order valence-corrected chi connectivity index (χ1v) is 11.1. The maximum atomic E-state index is 12.7. The van der Waals surface area contributed by atoms with Crippen LogP contribution in [0.5, 0.6) is 0 Å². The number of nitrogens with zero attached hydrogens (tertiary/aromatic N) is 2. The van der Waals surface area contributed by atoms with Gasteiger partial charge in [-0.05, 0) is 42.6 Å². The zero-order chi connectivity index (χ0) is 21.5.